The molecule has 0 radical (unpaired) electrons. The lowest BCUT2D eigenvalue weighted by Gasteiger charge is -2.57. The molecule has 1 aromatic rings. The summed E-state index contributed by atoms with van der Waals surface area (Å²) in [7, 11) is -6.61. The molecule has 0 aromatic heterocycles. The first kappa shape index (κ1) is 25.8. The summed E-state index contributed by atoms with van der Waals surface area (Å²) in [6, 6.07) is 11.0. The second-order valence-electron chi connectivity index (χ2n) is 13.3. The van der Waals surface area contributed by atoms with Crippen molar-refractivity contribution in [1.82, 2.24) is 0 Å². The average molecular weight is 475 g/mol. The zero-order chi connectivity index (χ0) is 23.2. The molecule has 2 rings (SSSR count). The molecule has 0 amide bonds. The van der Waals surface area contributed by atoms with Crippen LogP contribution in [0.1, 0.15) is 38.7 Å². The van der Waals surface area contributed by atoms with E-state index in [9.17, 15) is 0 Å². The van der Waals surface area contributed by atoms with Crippen LogP contribution in [0, 0.1) is 5.41 Å². The van der Waals surface area contributed by atoms with Gasteiger partial charge in [0.1, 0.15) is 7.11 Å². The molecular formula is C25H46OSi4. The van der Waals surface area contributed by atoms with E-state index in [1.165, 1.54) is 17.6 Å². The molecule has 1 nitrogen and oxygen atoms in total. The molecule has 1 unspecified atom stereocenters. The summed E-state index contributed by atoms with van der Waals surface area (Å²) in [6.07, 6.45) is 1.18. The number of benzene rings is 1. The van der Waals surface area contributed by atoms with Crippen LogP contribution in [0.5, 0.6) is 0 Å². The fraction of sp³-hybridized carbons (Fsp3) is 0.640. The Morgan fingerprint density at radius 3 is 1.80 bits per heavy atom. The summed E-state index contributed by atoms with van der Waals surface area (Å²) in [5.41, 5.74) is 10.1. The Balaban J connectivity index is 2.67. The normalized spacial score (nSPS) is 19.3. The highest BCUT2D eigenvalue weighted by atomic mass is 29.6. The van der Waals surface area contributed by atoms with Gasteiger partial charge >= 0.3 is 0 Å². The van der Waals surface area contributed by atoms with E-state index in [1.807, 2.05) is 0 Å². The predicted molar refractivity (Wildman–Crippen MR) is 146 cm³/mol. The van der Waals surface area contributed by atoms with Crippen LogP contribution in [0.15, 0.2) is 47.3 Å². The summed E-state index contributed by atoms with van der Waals surface area (Å²) in [4.78, 5) is 0. The molecule has 1 aromatic carbocycles. The second kappa shape index (κ2) is 8.49. The average Bonchev–Trinajstić information content (AvgIpc) is 3.30. The molecule has 0 bridgehead atoms. The predicted octanol–water partition coefficient (Wildman–Crippen LogP) is 7.88. The molecular weight excluding hydrogens is 429 g/mol. The standard InChI is InChI=1S/C25H46OSi4/c1-25(2,3)24(26-27(4,5)6)30(28(7,8)9,29(10,11)12)19-18-22-20-23(22)21-16-14-13-15-17-21/h13-17,19,23-24H,20H2,1-12H3/t18?,23-,24?/m0/s1. The van der Waals surface area contributed by atoms with Crippen LogP contribution in [-0.4, -0.2) is 36.3 Å². The topological polar surface area (TPSA) is 9.23 Å². The van der Waals surface area contributed by atoms with E-state index >= 15 is 0 Å². The van der Waals surface area contributed by atoms with Crippen LogP contribution < -0.4 is 0 Å². The first-order valence-electron chi connectivity index (χ1n) is 11.6. The van der Waals surface area contributed by atoms with E-state index in [-0.39, 0.29) is 5.41 Å². The molecule has 5 heteroatoms. The lowest BCUT2D eigenvalue weighted by atomic mass is 9.98. The van der Waals surface area contributed by atoms with Crippen molar-refractivity contribution >= 4 is 30.6 Å². The van der Waals surface area contributed by atoms with Crippen molar-refractivity contribution in [2.45, 2.75) is 97.8 Å². The number of rotatable bonds is 7. The van der Waals surface area contributed by atoms with Gasteiger partial charge in [-0.15, -0.1) is 5.73 Å². The van der Waals surface area contributed by atoms with Gasteiger partial charge in [-0.05, 0) is 42.6 Å². The largest absolute Gasteiger partial charge is 0.417 e. The number of allylic oxidation sites excluding steroid dienone is 1. The van der Waals surface area contributed by atoms with Crippen LogP contribution in [-0.2, 0) is 4.43 Å². The minimum Gasteiger partial charge on any atom is -0.417 e. The summed E-state index contributed by atoms with van der Waals surface area (Å²) in [5.74, 6) is 0.586. The zero-order valence-electron chi connectivity index (χ0n) is 21.7. The lowest BCUT2D eigenvalue weighted by Crippen LogP contribution is -2.80. The Kier molecular flexibility index (Phi) is 7.31. The molecule has 1 aliphatic carbocycles. The van der Waals surface area contributed by atoms with Crippen LogP contribution in [0.3, 0.4) is 0 Å². The molecule has 0 saturated heterocycles. The van der Waals surface area contributed by atoms with E-state index in [1.54, 1.807) is 0 Å². The molecule has 168 valence electrons. The van der Waals surface area contributed by atoms with Gasteiger partial charge in [0.25, 0.3) is 0 Å². The third-order valence-corrected chi connectivity index (χ3v) is 45.9. The summed E-state index contributed by atoms with van der Waals surface area (Å²) in [5, 5.41) is 0. The van der Waals surface area contributed by atoms with Gasteiger partial charge in [-0.3, -0.25) is 0 Å². The van der Waals surface area contributed by atoms with Gasteiger partial charge < -0.3 is 4.43 Å². The van der Waals surface area contributed by atoms with Crippen molar-refractivity contribution in [2.24, 2.45) is 5.41 Å². The quantitative estimate of drug-likeness (QED) is 0.288. The van der Waals surface area contributed by atoms with Gasteiger partial charge in [-0.1, -0.05) is 96.1 Å². The first-order chi connectivity index (χ1) is 13.4. The highest BCUT2D eigenvalue weighted by molar-refractivity contribution is 7.71. The minimum absolute atomic E-state index is 0.151. The first-order valence-corrected chi connectivity index (χ1v) is 26.2. The van der Waals surface area contributed by atoms with Gasteiger partial charge in [0.15, 0.2) is 8.32 Å². The number of hydrogen-bond acceptors (Lipinski definition) is 1. The van der Waals surface area contributed by atoms with Gasteiger partial charge in [0.2, 0.25) is 0 Å². The Bertz CT molecular complexity index is 781. The van der Waals surface area contributed by atoms with Crippen molar-refractivity contribution in [3.63, 3.8) is 0 Å². The lowest BCUT2D eigenvalue weighted by molar-refractivity contribution is 0.145. The minimum atomic E-state index is -1.89. The fourth-order valence-corrected chi connectivity index (χ4v) is 53.2. The van der Waals surface area contributed by atoms with Gasteiger partial charge in [0, 0.05) is 26.8 Å². The van der Waals surface area contributed by atoms with Gasteiger partial charge in [-0.2, -0.15) is 0 Å². The van der Waals surface area contributed by atoms with Gasteiger partial charge in [-0.25, -0.2) is 0 Å². The summed E-state index contributed by atoms with van der Waals surface area (Å²) >= 11 is 0. The molecule has 2 atom stereocenters. The van der Waals surface area contributed by atoms with E-state index < -0.39 is 30.6 Å². The Labute approximate surface area is 190 Å². The van der Waals surface area contributed by atoms with Crippen molar-refractivity contribution in [1.29, 1.82) is 0 Å². The fourth-order valence-electron chi connectivity index (χ4n) is 5.26. The molecule has 0 N–H and O–H groups in total. The Morgan fingerprint density at radius 2 is 1.40 bits per heavy atom. The molecule has 0 heterocycles. The van der Waals surface area contributed by atoms with Crippen molar-refractivity contribution < 1.29 is 4.43 Å². The van der Waals surface area contributed by atoms with E-state index in [0.29, 0.717) is 11.6 Å². The number of hydrogen-bond donors (Lipinski definition) is 0. The highest BCUT2D eigenvalue weighted by Crippen LogP contribution is 2.47. The van der Waals surface area contributed by atoms with Crippen molar-refractivity contribution in [2.75, 3.05) is 0 Å². The molecule has 1 saturated carbocycles. The van der Waals surface area contributed by atoms with E-state index in [0.717, 1.165) is 0 Å². The monoisotopic (exact) mass is 474 g/mol. The molecule has 1 aliphatic rings. The maximum absolute atomic E-state index is 7.17. The van der Waals surface area contributed by atoms with Crippen LogP contribution in [0.25, 0.3) is 0 Å². The maximum Gasteiger partial charge on any atom is 0.183 e. The Morgan fingerprint density at radius 1 is 0.900 bits per heavy atom. The van der Waals surface area contributed by atoms with Crippen molar-refractivity contribution in [3.05, 3.63) is 52.9 Å². The van der Waals surface area contributed by atoms with Crippen LogP contribution >= 0.6 is 0 Å². The smallest absolute Gasteiger partial charge is 0.183 e. The highest BCUT2D eigenvalue weighted by Gasteiger charge is 2.61. The van der Waals surface area contributed by atoms with E-state index in [4.69, 9.17) is 4.43 Å². The van der Waals surface area contributed by atoms with Crippen LogP contribution in [0.2, 0.25) is 58.9 Å². The second-order valence-corrected chi connectivity index (χ2v) is 44.8. The molecule has 30 heavy (non-hydrogen) atoms. The van der Waals surface area contributed by atoms with Gasteiger partial charge in [0.05, 0.1) is 0 Å². The zero-order valence-corrected chi connectivity index (χ0v) is 25.7. The third kappa shape index (κ3) is 5.67. The summed E-state index contributed by atoms with van der Waals surface area (Å²) < 4.78 is 7.17. The third-order valence-electron chi connectivity index (χ3n) is 6.53. The summed E-state index contributed by atoms with van der Waals surface area (Å²) in [6.45, 7) is 30.1. The van der Waals surface area contributed by atoms with E-state index in [2.05, 4.69) is 121 Å². The molecule has 0 aliphatic heterocycles. The van der Waals surface area contributed by atoms with Crippen molar-refractivity contribution in [3.8, 4) is 0 Å². The molecule has 0 spiro atoms. The SMILES string of the molecule is CC(C)(C)C(O[Si](C)(C)C)[Si](C=C=C1C[C@H]1c1ccccc1)([Si](C)(C)C)[Si](C)(C)C. The van der Waals surface area contributed by atoms with Crippen LogP contribution in [0.4, 0.5) is 0 Å². The molecule has 1 fully saturated rings. The maximum atomic E-state index is 7.17. The Hall–Kier alpha value is -0.432.